The van der Waals surface area contributed by atoms with Crippen molar-refractivity contribution in [1.82, 2.24) is 0 Å². The van der Waals surface area contributed by atoms with Crippen molar-refractivity contribution in [1.29, 1.82) is 0 Å². The third-order valence-corrected chi connectivity index (χ3v) is 5.42. The number of nitro benzene ring substituents is 1. The molecule has 0 aliphatic heterocycles. The van der Waals surface area contributed by atoms with Gasteiger partial charge in [-0.3, -0.25) is 0 Å². The van der Waals surface area contributed by atoms with Gasteiger partial charge in [-0.05, 0) is 0 Å². The summed E-state index contributed by atoms with van der Waals surface area (Å²) >= 11 is -4.80. The van der Waals surface area contributed by atoms with E-state index in [4.69, 9.17) is 0 Å². The molecule has 0 atom stereocenters. The summed E-state index contributed by atoms with van der Waals surface area (Å²) in [6.07, 6.45) is -11.2. The molecule has 7 nitrogen and oxygen atoms in total. The Hall–Kier alpha value is -2.13. The van der Waals surface area contributed by atoms with Gasteiger partial charge in [0.15, 0.2) is 0 Å². The summed E-state index contributed by atoms with van der Waals surface area (Å²) in [5.41, 5.74) is -0.951. The molecule has 1 aromatic rings. The quantitative estimate of drug-likeness (QED) is 0.287. The molecule has 0 fully saturated rings. The van der Waals surface area contributed by atoms with Crippen molar-refractivity contribution in [3.8, 4) is 0 Å². The van der Waals surface area contributed by atoms with Crippen molar-refractivity contribution in [3.05, 3.63) is 37.9 Å². The zero-order valence-electron chi connectivity index (χ0n) is 10.9. The molecule has 14 heteroatoms. The second-order valence-corrected chi connectivity index (χ2v) is 6.93. The van der Waals surface area contributed by atoms with Crippen molar-refractivity contribution in [2.75, 3.05) is 0 Å². The minimum atomic E-state index is -5.59. The van der Waals surface area contributed by atoms with Crippen LogP contribution in [0.4, 0.5) is 32.0 Å². The Balaban J connectivity index is 3.26. The van der Waals surface area contributed by atoms with Crippen molar-refractivity contribution in [3.63, 3.8) is 0 Å². The molecule has 1 aromatic carbocycles. The predicted molar refractivity (Wildman–Crippen MR) is 70.1 cm³/mol. The Morgan fingerprint density at radius 2 is 1.38 bits per heavy atom. The molecule has 0 radical (unpaired) electrons. The fourth-order valence-corrected chi connectivity index (χ4v) is 4.16. The normalized spacial score (nSPS) is 12.3. The average molecular weight is 475 g/mol. The van der Waals surface area contributed by atoms with Crippen molar-refractivity contribution in [2.45, 2.75) is 12.4 Å². The first-order valence-corrected chi connectivity index (χ1v) is 8.20. The summed E-state index contributed by atoms with van der Waals surface area (Å²) in [7, 11) is 0. The Labute approximate surface area is 136 Å². The predicted octanol–water partition coefficient (Wildman–Crippen LogP) is 3.31. The van der Waals surface area contributed by atoms with E-state index in [1.54, 1.807) is 0 Å². The number of hydrogen-bond donors (Lipinski definition) is 0. The van der Waals surface area contributed by atoms with Gasteiger partial charge in [0.1, 0.15) is 0 Å². The van der Waals surface area contributed by atoms with Gasteiger partial charge in [-0.25, -0.2) is 0 Å². The van der Waals surface area contributed by atoms with E-state index in [-0.39, 0.29) is 0 Å². The number of benzene rings is 1. The van der Waals surface area contributed by atoms with Crippen LogP contribution in [-0.2, 0) is 15.7 Å². The molecule has 0 aliphatic carbocycles. The number of alkyl halides is 6. The summed E-state index contributed by atoms with van der Waals surface area (Å²) in [6, 6.07) is 3.56. The molecule has 1 rings (SSSR count). The van der Waals surface area contributed by atoms with Crippen LogP contribution < -0.4 is 0 Å². The molecular weight excluding hydrogens is 471 g/mol. The summed E-state index contributed by atoms with van der Waals surface area (Å²) < 4.78 is 80.0. The molecule has 0 spiro atoms. The van der Waals surface area contributed by atoms with Gasteiger partial charge in [0.25, 0.3) is 0 Å². The van der Waals surface area contributed by atoms with E-state index >= 15 is 0 Å². The van der Waals surface area contributed by atoms with Gasteiger partial charge in [-0.15, -0.1) is 0 Å². The van der Waals surface area contributed by atoms with Crippen molar-refractivity contribution in [2.24, 2.45) is 0 Å². The van der Waals surface area contributed by atoms with E-state index in [1.807, 2.05) is 0 Å². The van der Waals surface area contributed by atoms with Gasteiger partial charge in [0, 0.05) is 0 Å². The van der Waals surface area contributed by atoms with Crippen LogP contribution in [0.15, 0.2) is 24.3 Å². The number of hydrogen-bond acceptors (Lipinski definition) is 6. The van der Waals surface area contributed by atoms with Crippen LogP contribution in [0.3, 0.4) is 0 Å². The second kappa shape index (κ2) is 7.18. The van der Waals surface area contributed by atoms with Crippen molar-refractivity contribution < 1.29 is 47.0 Å². The fraction of sp³-hybridized carbons (Fsp3) is 0.200. The fourth-order valence-electron chi connectivity index (χ4n) is 1.04. The van der Waals surface area contributed by atoms with Crippen LogP contribution in [0.25, 0.3) is 0 Å². The first-order valence-electron chi connectivity index (χ1n) is 5.36. The van der Waals surface area contributed by atoms with Gasteiger partial charge in [-0.2, -0.15) is 0 Å². The number of carbonyl (C=O) groups is 2. The van der Waals surface area contributed by atoms with E-state index < -0.39 is 59.1 Å². The van der Waals surface area contributed by atoms with Gasteiger partial charge in [-0.1, -0.05) is 0 Å². The average Bonchev–Trinajstić information content (AvgIpc) is 2.44. The molecule has 24 heavy (non-hydrogen) atoms. The topological polar surface area (TPSA) is 95.7 Å². The second-order valence-electron chi connectivity index (χ2n) is 3.65. The van der Waals surface area contributed by atoms with Gasteiger partial charge in [0.05, 0.1) is 0 Å². The zero-order valence-corrected chi connectivity index (χ0v) is 13.0. The van der Waals surface area contributed by atoms with Gasteiger partial charge in [0.2, 0.25) is 0 Å². The molecule has 0 amide bonds. The van der Waals surface area contributed by atoms with Gasteiger partial charge >= 0.3 is 136 Å². The summed E-state index contributed by atoms with van der Waals surface area (Å²) in [5.74, 6) is -5.86. The van der Waals surface area contributed by atoms with Crippen molar-refractivity contribution >= 4 is 38.3 Å². The Morgan fingerprint density at radius 3 is 1.75 bits per heavy atom. The molecule has 0 N–H and O–H groups in total. The van der Waals surface area contributed by atoms with Crippen LogP contribution in [0.2, 0.25) is 0 Å². The molecule has 0 bridgehead atoms. The zero-order chi connectivity index (χ0) is 18.7. The van der Waals surface area contributed by atoms with E-state index in [2.05, 4.69) is 6.13 Å². The maximum absolute atomic E-state index is 12.2. The number of halogens is 7. The van der Waals surface area contributed by atoms with E-state index in [9.17, 15) is 46.0 Å². The number of para-hydroxylation sites is 1. The van der Waals surface area contributed by atoms with E-state index in [1.165, 1.54) is 0 Å². The van der Waals surface area contributed by atoms with Crippen LogP contribution in [0, 0.1) is 13.7 Å². The summed E-state index contributed by atoms with van der Waals surface area (Å²) in [5, 5.41) is 10.8. The van der Waals surface area contributed by atoms with E-state index in [0.29, 0.717) is 0 Å². The minimum absolute atomic E-state index is 0.732. The molecule has 0 saturated heterocycles. The molecule has 0 saturated carbocycles. The first-order chi connectivity index (χ1) is 10.8. The monoisotopic (exact) mass is 475 g/mol. The Kier molecular flexibility index (Phi) is 5.96. The molecule has 134 valence electrons. The first kappa shape index (κ1) is 19.9. The van der Waals surface area contributed by atoms with Gasteiger partial charge < -0.3 is 0 Å². The third-order valence-electron chi connectivity index (χ3n) is 1.96. The number of nitrogens with zero attached hydrogens (tertiary/aromatic N) is 1. The van der Waals surface area contributed by atoms with Crippen LogP contribution in [0.5, 0.6) is 0 Å². The SMILES string of the molecule is O=C(OI(OC(=O)C(F)(F)F)c1ccccc1[N+](=O)[O-])C(F)(F)F. The van der Waals surface area contributed by atoms with E-state index in [0.717, 1.165) is 24.3 Å². The summed E-state index contributed by atoms with van der Waals surface area (Å²) in [4.78, 5) is 31.3. The molecule has 0 unspecified atom stereocenters. The standard InChI is InChI=1S/C10H4F6INO6/c11-9(12,13)7(19)23-17(24-8(20)10(14,15)16)5-3-1-2-4-6(5)18(21)22/h1-4H. The molecular formula is C10H4F6INO6. The third kappa shape index (κ3) is 5.20. The maximum atomic E-state index is 12.2. The number of rotatable bonds is 4. The van der Waals surface area contributed by atoms with Crippen LogP contribution in [0.1, 0.15) is 0 Å². The Morgan fingerprint density at radius 1 is 0.958 bits per heavy atom. The number of carbonyl (C=O) groups excluding carboxylic acids is 2. The van der Waals surface area contributed by atoms with Crippen LogP contribution in [-0.4, -0.2) is 29.2 Å². The number of nitro groups is 1. The van der Waals surface area contributed by atoms with Crippen LogP contribution >= 0.6 is 20.6 Å². The Bertz CT molecular complexity index is 632. The summed E-state index contributed by atoms with van der Waals surface area (Å²) in [6.45, 7) is 0. The molecule has 0 heterocycles. The molecule has 0 aromatic heterocycles. The molecule has 0 aliphatic rings.